The maximum atomic E-state index is 13.4. The van der Waals surface area contributed by atoms with Crippen LogP contribution in [-0.2, 0) is 6.54 Å². The van der Waals surface area contributed by atoms with E-state index >= 15 is 0 Å². The third-order valence-corrected chi connectivity index (χ3v) is 5.69. The first-order chi connectivity index (χ1) is 17.1. The number of fused-ring (bicyclic) bond motifs is 1. The molecule has 0 spiro atoms. The topological polar surface area (TPSA) is 106 Å². The molecule has 0 saturated carbocycles. The number of alkyl halides is 3. The van der Waals surface area contributed by atoms with E-state index in [1.165, 1.54) is 26.5 Å². The van der Waals surface area contributed by atoms with Gasteiger partial charge in [-0.05, 0) is 42.8 Å². The monoisotopic (exact) mass is 525 g/mol. The van der Waals surface area contributed by atoms with Gasteiger partial charge in [0, 0.05) is 24.7 Å². The number of hydrogen-bond donors (Lipinski definition) is 2. The normalized spacial score (nSPS) is 15.8. The molecule has 1 atom stereocenters. The van der Waals surface area contributed by atoms with Crippen LogP contribution in [0.5, 0.6) is 17.5 Å². The van der Waals surface area contributed by atoms with Crippen molar-refractivity contribution in [3.8, 4) is 17.5 Å². The lowest BCUT2D eigenvalue weighted by atomic mass is 10.2. The van der Waals surface area contributed by atoms with E-state index in [0.29, 0.717) is 18.0 Å². The van der Waals surface area contributed by atoms with Crippen LogP contribution in [-0.4, -0.2) is 58.3 Å². The Hall–Kier alpha value is -3.48. The molecular weight excluding hydrogens is 503 g/mol. The fourth-order valence-electron chi connectivity index (χ4n) is 3.75. The molecule has 13 heteroatoms. The van der Waals surface area contributed by atoms with Crippen LogP contribution >= 0.6 is 11.6 Å². The van der Waals surface area contributed by atoms with Gasteiger partial charge in [0.15, 0.2) is 11.5 Å². The number of aliphatic hydroxyl groups is 1. The second-order valence-corrected chi connectivity index (χ2v) is 8.44. The third kappa shape index (κ3) is 5.50. The number of halogens is 4. The molecule has 2 heterocycles. The quantitative estimate of drug-likeness (QED) is 0.461. The van der Waals surface area contributed by atoms with E-state index < -0.39 is 24.4 Å². The van der Waals surface area contributed by atoms with E-state index in [1.807, 2.05) is 0 Å². The molecule has 1 aliphatic rings. The summed E-state index contributed by atoms with van der Waals surface area (Å²) in [6.07, 6.45) is -5.69. The molecule has 9 nitrogen and oxygen atoms in total. The van der Waals surface area contributed by atoms with Crippen molar-refractivity contribution < 1.29 is 32.5 Å². The highest BCUT2D eigenvalue weighted by Crippen LogP contribution is 2.36. The molecule has 1 unspecified atom stereocenters. The molecule has 0 bridgehead atoms. The minimum Gasteiger partial charge on any atom is -0.425 e. The van der Waals surface area contributed by atoms with Gasteiger partial charge >= 0.3 is 12.4 Å². The zero-order valence-electron chi connectivity index (χ0n) is 19.1. The highest BCUT2D eigenvalue weighted by atomic mass is 35.5. The molecule has 0 radical (unpaired) electrons. The highest BCUT2D eigenvalue weighted by molar-refractivity contribution is 6.30. The smallest absolute Gasteiger partial charge is 0.425 e. The van der Waals surface area contributed by atoms with Gasteiger partial charge in [-0.1, -0.05) is 29.8 Å². The van der Waals surface area contributed by atoms with Crippen LogP contribution in [0.1, 0.15) is 22.5 Å². The van der Waals surface area contributed by atoms with Crippen molar-refractivity contribution in [1.29, 1.82) is 0 Å². The van der Waals surface area contributed by atoms with Crippen LogP contribution in [0.4, 0.5) is 19.0 Å². The Morgan fingerprint density at radius 3 is 2.53 bits per heavy atom. The summed E-state index contributed by atoms with van der Waals surface area (Å²) in [5.74, 6) is -0.804. The van der Waals surface area contributed by atoms with Gasteiger partial charge in [0.2, 0.25) is 6.35 Å². The zero-order chi connectivity index (χ0) is 26.0. The number of rotatable bonds is 8. The van der Waals surface area contributed by atoms with Gasteiger partial charge in [0.05, 0.1) is 6.54 Å². The molecule has 1 amide bonds. The van der Waals surface area contributed by atoms with Gasteiger partial charge in [-0.25, -0.2) is 0 Å². The van der Waals surface area contributed by atoms with E-state index in [-0.39, 0.29) is 36.4 Å². The number of benzene rings is 2. The number of nitrogens with zero attached hydrogens (tertiary/aromatic N) is 4. The average Bonchev–Trinajstić information content (AvgIpc) is 3.16. The van der Waals surface area contributed by atoms with Crippen molar-refractivity contribution in [2.75, 3.05) is 25.0 Å². The van der Waals surface area contributed by atoms with E-state index in [0.717, 1.165) is 17.7 Å². The lowest BCUT2D eigenvalue weighted by Crippen LogP contribution is -2.54. The number of carbonyl (C=O) groups excluding carboxylic acids is 1. The van der Waals surface area contributed by atoms with Crippen molar-refractivity contribution in [1.82, 2.24) is 14.5 Å². The Morgan fingerprint density at radius 1 is 1.17 bits per heavy atom. The van der Waals surface area contributed by atoms with Gasteiger partial charge in [0.25, 0.3) is 5.91 Å². The van der Waals surface area contributed by atoms with Crippen LogP contribution in [0.15, 0.2) is 48.5 Å². The molecule has 0 saturated heterocycles. The second kappa shape index (κ2) is 10.2. The van der Waals surface area contributed by atoms with Crippen LogP contribution in [0, 0.1) is 0 Å². The summed E-state index contributed by atoms with van der Waals surface area (Å²) in [6.45, 7) is 0.662. The summed E-state index contributed by atoms with van der Waals surface area (Å²) >= 11 is 5.99. The molecule has 1 aliphatic heterocycles. The Kier molecular flexibility index (Phi) is 7.29. The predicted molar refractivity (Wildman–Crippen MR) is 125 cm³/mol. The molecule has 0 aliphatic carbocycles. The van der Waals surface area contributed by atoms with Crippen LogP contribution in [0.2, 0.25) is 5.02 Å². The molecule has 192 valence electrons. The Morgan fingerprint density at radius 2 is 1.86 bits per heavy atom. The first-order valence-electron chi connectivity index (χ1n) is 10.9. The van der Waals surface area contributed by atoms with Crippen LogP contribution < -0.4 is 20.1 Å². The third-order valence-electron chi connectivity index (χ3n) is 5.44. The lowest BCUT2D eigenvalue weighted by molar-refractivity contribution is -0.274. The molecular formula is C23H23ClF3N5O4. The first kappa shape index (κ1) is 25.6. The number of nitrogens with two attached hydrogens (primary N) is 1. The average molecular weight is 526 g/mol. The fraction of sp³-hybridized carbons (Fsp3) is 0.304. The number of carbonyl (C=O) groups is 1. The Balaban J connectivity index is 1.76. The summed E-state index contributed by atoms with van der Waals surface area (Å²) in [5, 5.41) is 11.2. The number of hydrogen-bond acceptors (Lipinski definition) is 7. The van der Waals surface area contributed by atoms with Crippen molar-refractivity contribution in [2.24, 2.45) is 5.73 Å². The van der Waals surface area contributed by atoms with Crippen molar-refractivity contribution in [3.05, 3.63) is 64.8 Å². The molecule has 0 fully saturated rings. The lowest BCUT2D eigenvalue weighted by Gasteiger charge is -2.38. The second-order valence-electron chi connectivity index (χ2n) is 8.00. The van der Waals surface area contributed by atoms with Gasteiger partial charge in [-0.2, -0.15) is 4.98 Å². The van der Waals surface area contributed by atoms with E-state index in [4.69, 9.17) is 22.1 Å². The standard InChI is InChI=1S/C23H23ClF3N5O4/c1-30-19-18(20(33)31(22(30)34)11-3-10-28)32(13-14-6-8-15(24)9-7-14)21(29-19)35-16-4-2-5-17(12-16)36-23(25,26)27/h2,4-9,12,22,34H,3,10-11,13,28H2,1H3. The molecule has 1 aromatic heterocycles. The van der Waals surface area contributed by atoms with E-state index in [2.05, 4.69) is 9.72 Å². The van der Waals surface area contributed by atoms with Gasteiger partial charge in [-0.15, -0.1) is 13.2 Å². The Bertz CT molecular complexity index is 1240. The number of ether oxygens (including phenoxy) is 2. The van der Waals surface area contributed by atoms with Crippen molar-refractivity contribution in [3.63, 3.8) is 0 Å². The number of aliphatic hydroxyl groups excluding tert-OH is 1. The van der Waals surface area contributed by atoms with Gasteiger partial charge in [-0.3, -0.25) is 14.3 Å². The maximum absolute atomic E-state index is 13.4. The van der Waals surface area contributed by atoms with E-state index in [1.54, 1.807) is 31.3 Å². The zero-order valence-corrected chi connectivity index (χ0v) is 19.8. The predicted octanol–water partition coefficient (Wildman–Crippen LogP) is 3.79. The number of imidazole rings is 1. The minimum absolute atomic E-state index is 0.00657. The molecule has 2 aromatic carbocycles. The summed E-state index contributed by atoms with van der Waals surface area (Å²) in [4.78, 5) is 20.5. The van der Waals surface area contributed by atoms with Crippen LogP contribution in [0.25, 0.3) is 0 Å². The first-order valence-corrected chi connectivity index (χ1v) is 11.3. The molecule has 3 aromatic rings. The van der Waals surface area contributed by atoms with Crippen molar-refractivity contribution in [2.45, 2.75) is 25.7 Å². The summed E-state index contributed by atoms with van der Waals surface area (Å²) in [6, 6.07) is 11.8. The van der Waals surface area contributed by atoms with Gasteiger partial charge < -0.3 is 25.2 Å². The number of anilines is 1. The van der Waals surface area contributed by atoms with E-state index in [9.17, 15) is 23.1 Å². The van der Waals surface area contributed by atoms with Crippen LogP contribution in [0.3, 0.4) is 0 Å². The SMILES string of the molecule is CN1c2nc(Oc3cccc(OC(F)(F)F)c3)n(Cc3ccc(Cl)cc3)c2C(=O)N(CCCN)C1O. The molecule has 36 heavy (non-hydrogen) atoms. The summed E-state index contributed by atoms with van der Waals surface area (Å²) in [7, 11) is 1.56. The summed E-state index contributed by atoms with van der Waals surface area (Å²) < 4.78 is 49.3. The highest BCUT2D eigenvalue weighted by Gasteiger charge is 2.40. The molecule has 3 N–H and O–H groups in total. The minimum atomic E-state index is -4.87. The fourth-order valence-corrected chi connectivity index (χ4v) is 3.88. The maximum Gasteiger partial charge on any atom is 0.573 e. The molecule has 4 rings (SSSR count). The van der Waals surface area contributed by atoms with Gasteiger partial charge in [0.1, 0.15) is 11.5 Å². The summed E-state index contributed by atoms with van der Waals surface area (Å²) in [5.41, 5.74) is 6.49. The number of amides is 1. The number of aromatic nitrogens is 2. The Labute approximate surface area is 209 Å². The van der Waals surface area contributed by atoms with Crippen molar-refractivity contribution >= 4 is 23.3 Å². The largest absolute Gasteiger partial charge is 0.573 e.